The van der Waals surface area contributed by atoms with Gasteiger partial charge in [-0.3, -0.25) is 0 Å². The monoisotopic (exact) mass is 287 g/mol. The first-order valence-corrected chi connectivity index (χ1v) is 6.53. The van der Waals surface area contributed by atoms with Crippen LogP contribution in [0.1, 0.15) is 16.5 Å². The molecule has 0 aliphatic rings. The van der Waals surface area contributed by atoms with E-state index in [-0.39, 0.29) is 6.04 Å². The summed E-state index contributed by atoms with van der Waals surface area (Å²) in [4.78, 5) is 1.01. The molecule has 0 saturated heterocycles. The van der Waals surface area contributed by atoms with Crippen LogP contribution in [0.25, 0.3) is 0 Å². The quantitative estimate of drug-likeness (QED) is 0.922. The molecule has 0 amide bonds. The maximum atomic E-state index is 6.14. The van der Waals surface area contributed by atoms with E-state index < -0.39 is 0 Å². The predicted molar refractivity (Wildman–Crippen MR) is 73.4 cm³/mol. The minimum Gasteiger partial charge on any atom is -0.495 e. The van der Waals surface area contributed by atoms with Gasteiger partial charge in [0.1, 0.15) is 5.75 Å². The molecule has 2 aromatic rings. The molecule has 1 atom stereocenters. The third-order valence-corrected chi connectivity index (χ3v) is 4.05. The number of thiophene rings is 1. The fraction of sp³-hybridized carbons (Fsp3) is 0.167. The summed E-state index contributed by atoms with van der Waals surface area (Å²) in [6.07, 6.45) is 0. The van der Waals surface area contributed by atoms with Gasteiger partial charge in [-0.15, -0.1) is 11.3 Å². The Labute approximate surface area is 114 Å². The Morgan fingerprint density at radius 1 is 1.24 bits per heavy atom. The number of benzene rings is 1. The molecule has 0 saturated carbocycles. The molecule has 17 heavy (non-hydrogen) atoms. The lowest BCUT2D eigenvalue weighted by Crippen LogP contribution is -2.10. The first-order valence-electron chi connectivity index (χ1n) is 4.96. The number of ether oxygens (including phenoxy) is 1. The third-order valence-electron chi connectivity index (χ3n) is 2.44. The second kappa shape index (κ2) is 5.27. The summed E-state index contributed by atoms with van der Waals surface area (Å²) in [5.74, 6) is 0.645. The van der Waals surface area contributed by atoms with E-state index in [1.807, 2.05) is 30.3 Å². The second-order valence-electron chi connectivity index (χ2n) is 3.51. The molecule has 1 aromatic heterocycles. The number of hydrogen-bond donors (Lipinski definition) is 1. The van der Waals surface area contributed by atoms with Gasteiger partial charge in [0.25, 0.3) is 0 Å². The maximum absolute atomic E-state index is 6.14. The SMILES string of the molecule is COc1ccc(C(N)c2ccc(Cl)s2)cc1Cl. The molecule has 90 valence electrons. The van der Waals surface area contributed by atoms with E-state index in [9.17, 15) is 0 Å². The highest BCUT2D eigenvalue weighted by molar-refractivity contribution is 7.16. The molecular weight excluding hydrogens is 277 g/mol. The Hall–Kier alpha value is -0.740. The lowest BCUT2D eigenvalue weighted by molar-refractivity contribution is 0.415. The number of rotatable bonds is 3. The minimum absolute atomic E-state index is 0.212. The molecule has 0 fully saturated rings. The van der Waals surface area contributed by atoms with Crippen LogP contribution in [-0.2, 0) is 0 Å². The van der Waals surface area contributed by atoms with Gasteiger partial charge in [-0.2, -0.15) is 0 Å². The van der Waals surface area contributed by atoms with E-state index in [2.05, 4.69) is 0 Å². The average Bonchev–Trinajstić information content (AvgIpc) is 2.75. The van der Waals surface area contributed by atoms with Crippen LogP contribution < -0.4 is 10.5 Å². The van der Waals surface area contributed by atoms with Crippen molar-refractivity contribution in [2.75, 3.05) is 7.11 Å². The molecule has 5 heteroatoms. The van der Waals surface area contributed by atoms with E-state index in [1.165, 1.54) is 11.3 Å². The number of halogens is 2. The third kappa shape index (κ3) is 2.75. The maximum Gasteiger partial charge on any atom is 0.137 e. The highest BCUT2D eigenvalue weighted by Crippen LogP contribution is 2.32. The zero-order valence-electron chi connectivity index (χ0n) is 9.11. The molecule has 0 spiro atoms. The van der Waals surface area contributed by atoms with Crippen LogP contribution in [-0.4, -0.2) is 7.11 Å². The summed E-state index contributed by atoms with van der Waals surface area (Å²) in [5.41, 5.74) is 7.08. The Morgan fingerprint density at radius 3 is 2.53 bits per heavy atom. The van der Waals surface area contributed by atoms with Crippen LogP contribution >= 0.6 is 34.5 Å². The number of hydrogen-bond acceptors (Lipinski definition) is 3. The minimum atomic E-state index is -0.212. The van der Waals surface area contributed by atoms with Crippen molar-refractivity contribution >= 4 is 34.5 Å². The Bertz CT molecular complexity index is 527. The molecule has 0 bridgehead atoms. The van der Waals surface area contributed by atoms with Gasteiger partial charge in [-0.1, -0.05) is 29.3 Å². The molecule has 0 aliphatic heterocycles. The number of methoxy groups -OCH3 is 1. The summed E-state index contributed by atoms with van der Waals surface area (Å²) < 4.78 is 5.83. The van der Waals surface area contributed by atoms with E-state index in [4.69, 9.17) is 33.7 Å². The summed E-state index contributed by atoms with van der Waals surface area (Å²) in [5, 5.41) is 0.558. The van der Waals surface area contributed by atoms with E-state index in [1.54, 1.807) is 7.11 Å². The average molecular weight is 288 g/mol. The molecule has 1 unspecified atom stereocenters. The van der Waals surface area contributed by atoms with Crippen molar-refractivity contribution in [2.24, 2.45) is 5.73 Å². The van der Waals surface area contributed by atoms with Crippen molar-refractivity contribution < 1.29 is 4.74 Å². The van der Waals surface area contributed by atoms with Crippen molar-refractivity contribution in [3.63, 3.8) is 0 Å². The highest BCUT2D eigenvalue weighted by Gasteiger charge is 2.13. The van der Waals surface area contributed by atoms with E-state index in [0.717, 1.165) is 14.8 Å². The van der Waals surface area contributed by atoms with Crippen molar-refractivity contribution in [3.8, 4) is 5.75 Å². The standard InChI is InChI=1S/C12H11Cl2NOS/c1-16-9-3-2-7(6-8(9)13)12(15)10-4-5-11(14)17-10/h2-6,12H,15H2,1H3. The van der Waals surface area contributed by atoms with Crippen LogP contribution in [0, 0.1) is 0 Å². The fourth-order valence-electron chi connectivity index (χ4n) is 1.54. The molecule has 1 heterocycles. The Kier molecular flexibility index (Phi) is 3.94. The van der Waals surface area contributed by atoms with Gasteiger partial charge >= 0.3 is 0 Å². The summed E-state index contributed by atoms with van der Waals surface area (Å²) >= 11 is 13.4. The lowest BCUT2D eigenvalue weighted by atomic mass is 10.1. The Morgan fingerprint density at radius 2 is 2.00 bits per heavy atom. The number of nitrogens with two attached hydrogens (primary N) is 1. The smallest absolute Gasteiger partial charge is 0.137 e. The van der Waals surface area contributed by atoms with Crippen molar-refractivity contribution in [3.05, 3.63) is 50.1 Å². The van der Waals surface area contributed by atoms with E-state index in [0.29, 0.717) is 10.8 Å². The molecule has 2 nitrogen and oxygen atoms in total. The highest BCUT2D eigenvalue weighted by atomic mass is 35.5. The largest absolute Gasteiger partial charge is 0.495 e. The van der Waals surface area contributed by atoms with Crippen LogP contribution in [0.2, 0.25) is 9.36 Å². The van der Waals surface area contributed by atoms with Crippen LogP contribution in [0.5, 0.6) is 5.75 Å². The van der Waals surface area contributed by atoms with Crippen LogP contribution in [0.4, 0.5) is 0 Å². The lowest BCUT2D eigenvalue weighted by Gasteiger charge is -2.11. The first kappa shape index (κ1) is 12.7. The molecular formula is C12H11Cl2NOS. The van der Waals surface area contributed by atoms with Gasteiger partial charge in [-0.05, 0) is 29.8 Å². The zero-order valence-corrected chi connectivity index (χ0v) is 11.4. The van der Waals surface area contributed by atoms with Crippen LogP contribution in [0.3, 0.4) is 0 Å². The molecule has 0 radical (unpaired) electrons. The van der Waals surface area contributed by atoms with Gasteiger partial charge in [-0.25, -0.2) is 0 Å². The zero-order chi connectivity index (χ0) is 12.4. The van der Waals surface area contributed by atoms with Gasteiger partial charge in [0.2, 0.25) is 0 Å². The van der Waals surface area contributed by atoms with Crippen LogP contribution in [0.15, 0.2) is 30.3 Å². The van der Waals surface area contributed by atoms with Gasteiger partial charge in [0.15, 0.2) is 0 Å². The van der Waals surface area contributed by atoms with Crippen molar-refractivity contribution in [1.29, 1.82) is 0 Å². The van der Waals surface area contributed by atoms with E-state index >= 15 is 0 Å². The van der Waals surface area contributed by atoms with Crippen molar-refractivity contribution in [1.82, 2.24) is 0 Å². The molecule has 2 N–H and O–H groups in total. The first-order chi connectivity index (χ1) is 8.11. The second-order valence-corrected chi connectivity index (χ2v) is 5.67. The summed E-state index contributed by atoms with van der Waals surface area (Å²) in [7, 11) is 1.58. The molecule has 1 aromatic carbocycles. The molecule has 2 rings (SSSR count). The predicted octanol–water partition coefficient (Wildman–Crippen LogP) is 4.11. The Balaban J connectivity index is 2.31. The fourth-order valence-corrected chi connectivity index (χ4v) is 2.89. The summed E-state index contributed by atoms with van der Waals surface area (Å²) in [6, 6.07) is 9.09. The summed E-state index contributed by atoms with van der Waals surface area (Å²) in [6.45, 7) is 0. The van der Waals surface area contributed by atoms with Gasteiger partial charge < -0.3 is 10.5 Å². The normalized spacial score (nSPS) is 12.5. The van der Waals surface area contributed by atoms with Gasteiger partial charge in [0.05, 0.1) is 22.5 Å². The molecule has 0 aliphatic carbocycles. The topological polar surface area (TPSA) is 35.2 Å². The van der Waals surface area contributed by atoms with Crippen molar-refractivity contribution in [2.45, 2.75) is 6.04 Å². The van der Waals surface area contributed by atoms with Gasteiger partial charge in [0, 0.05) is 4.88 Å².